The summed E-state index contributed by atoms with van der Waals surface area (Å²) in [5.41, 5.74) is 0. The van der Waals surface area contributed by atoms with Crippen molar-refractivity contribution in [1.29, 1.82) is 0 Å². The standard InChI is InChI=1S/C8H13N2S/c1-4-7-11-8-9(2)5-6-10(8)3/h4-6H,1,7H2,2-3H3/q+1. The predicted molar refractivity (Wildman–Crippen MR) is 47.5 cm³/mol. The third-order valence-corrected chi connectivity index (χ3v) is 2.68. The average Bonchev–Trinajstić information content (AvgIpc) is 2.29. The minimum Gasteiger partial charge on any atom is -0.227 e. The highest BCUT2D eigenvalue weighted by atomic mass is 32.2. The molecule has 60 valence electrons. The van der Waals surface area contributed by atoms with E-state index in [1.165, 1.54) is 5.16 Å². The summed E-state index contributed by atoms with van der Waals surface area (Å²) in [6.07, 6.45) is 6.01. The molecule has 0 atom stereocenters. The van der Waals surface area contributed by atoms with E-state index in [0.29, 0.717) is 0 Å². The van der Waals surface area contributed by atoms with Crippen molar-refractivity contribution in [1.82, 2.24) is 4.57 Å². The van der Waals surface area contributed by atoms with Crippen molar-refractivity contribution in [2.75, 3.05) is 5.75 Å². The Morgan fingerprint density at radius 1 is 1.82 bits per heavy atom. The van der Waals surface area contributed by atoms with Crippen molar-refractivity contribution in [3.8, 4) is 0 Å². The van der Waals surface area contributed by atoms with Gasteiger partial charge in [0.25, 0.3) is 0 Å². The molecule has 0 saturated carbocycles. The Labute approximate surface area is 71.5 Å². The van der Waals surface area contributed by atoms with E-state index in [1.807, 2.05) is 32.6 Å². The molecule has 1 heterocycles. The smallest absolute Gasteiger partial charge is 0.227 e. The number of thioether (sulfide) groups is 1. The summed E-state index contributed by atoms with van der Waals surface area (Å²) in [7, 11) is 4.09. The van der Waals surface area contributed by atoms with Gasteiger partial charge < -0.3 is 0 Å². The summed E-state index contributed by atoms with van der Waals surface area (Å²) >= 11 is 1.79. The number of nitrogens with zero attached hydrogens (tertiary/aromatic N) is 2. The van der Waals surface area contributed by atoms with Crippen LogP contribution in [0.3, 0.4) is 0 Å². The first kappa shape index (κ1) is 8.40. The van der Waals surface area contributed by atoms with Crippen molar-refractivity contribution < 1.29 is 4.57 Å². The molecule has 0 saturated heterocycles. The van der Waals surface area contributed by atoms with Crippen LogP contribution in [0.5, 0.6) is 0 Å². The molecule has 0 spiro atoms. The fourth-order valence-corrected chi connectivity index (χ4v) is 1.71. The lowest BCUT2D eigenvalue weighted by Crippen LogP contribution is -2.28. The summed E-state index contributed by atoms with van der Waals surface area (Å²) in [5, 5.41) is 1.25. The van der Waals surface area contributed by atoms with E-state index < -0.39 is 0 Å². The molecule has 0 unspecified atom stereocenters. The maximum atomic E-state index is 3.68. The zero-order valence-corrected chi connectivity index (χ0v) is 7.77. The van der Waals surface area contributed by atoms with Crippen LogP contribution in [0.1, 0.15) is 0 Å². The normalized spacial score (nSPS) is 10.0. The first-order chi connectivity index (χ1) is 5.25. The Balaban J connectivity index is 2.74. The molecule has 0 aliphatic carbocycles. The maximum Gasteiger partial charge on any atom is 0.317 e. The Kier molecular flexibility index (Phi) is 2.76. The van der Waals surface area contributed by atoms with Gasteiger partial charge >= 0.3 is 5.16 Å². The summed E-state index contributed by atoms with van der Waals surface area (Å²) in [4.78, 5) is 0. The number of aryl methyl sites for hydroxylation is 2. The highest BCUT2D eigenvalue weighted by Crippen LogP contribution is 2.11. The summed E-state index contributed by atoms with van der Waals surface area (Å²) in [6, 6.07) is 0. The molecule has 0 amide bonds. The van der Waals surface area contributed by atoms with Crippen LogP contribution in [0.25, 0.3) is 0 Å². The fraction of sp³-hybridized carbons (Fsp3) is 0.375. The SMILES string of the molecule is C=CCSc1n(C)cc[n+]1C. The molecule has 3 heteroatoms. The van der Waals surface area contributed by atoms with Gasteiger partial charge in [-0.15, -0.1) is 6.58 Å². The van der Waals surface area contributed by atoms with Crippen molar-refractivity contribution in [2.45, 2.75) is 5.16 Å². The zero-order valence-electron chi connectivity index (χ0n) is 6.95. The topological polar surface area (TPSA) is 8.81 Å². The van der Waals surface area contributed by atoms with Gasteiger partial charge in [0.2, 0.25) is 0 Å². The molecule has 0 N–H and O–H groups in total. The Hall–Kier alpha value is -0.700. The third-order valence-electron chi connectivity index (χ3n) is 1.45. The predicted octanol–water partition coefficient (Wildman–Crippen LogP) is 1.13. The molecule has 0 aromatic carbocycles. The molecular weight excluding hydrogens is 156 g/mol. The molecule has 0 fully saturated rings. The molecule has 2 nitrogen and oxygen atoms in total. The highest BCUT2D eigenvalue weighted by Gasteiger charge is 2.09. The second-order valence-corrected chi connectivity index (χ2v) is 3.39. The van der Waals surface area contributed by atoms with E-state index in [-0.39, 0.29) is 0 Å². The maximum absolute atomic E-state index is 3.68. The number of rotatable bonds is 3. The largest absolute Gasteiger partial charge is 0.317 e. The monoisotopic (exact) mass is 169 g/mol. The van der Waals surface area contributed by atoms with E-state index >= 15 is 0 Å². The summed E-state index contributed by atoms with van der Waals surface area (Å²) in [5.74, 6) is 0.964. The van der Waals surface area contributed by atoms with Gasteiger partial charge in [-0.2, -0.15) is 0 Å². The zero-order chi connectivity index (χ0) is 8.27. The van der Waals surface area contributed by atoms with Gasteiger partial charge in [-0.05, 0) is 11.8 Å². The van der Waals surface area contributed by atoms with Crippen LogP contribution in [-0.2, 0) is 14.1 Å². The van der Waals surface area contributed by atoms with E-state index in [0.717, 1.165) is 5.75 Å². The van der Waals surface area contributed by atoms with Crippen molar-refractivity contribution in [3.05, 3.63) is 25.0 Å². The molecule has 0 radical (unpaired) electrons. The van der Waals surface area contributed by atoms with Crippen LogP contribution in [0.4, 0.5) is 0 Å². The van der Waals surface area contributed by atoms with Crippen molar-refractivity contribution in [2.24, 2.45) is 14.1 Å². The highest BCUT2D eigenvalue weighted by molar-refractivity contribution is 7.99. The Morgan fingerprint density at radius 3 is 3.00 bits per heavy atom. The first-order valence-corrected chi connectivity index (χ1v) is 4.49. The molecule has 1 aromatic heterocycles. The Bertz CT molecular complexity index is 233. The summed E-state index contributed by atoms with van der Waals surface area (Å²) < 4.78 is 4.21. The van der Waals surface area contributed by atoms with Gasteiger partial charge in [-0.1, -0.05) is 6.08 Å². The molecule has 11 heavy (non-hydrogen) atoms. The lowest BCUT2D eigenvalue weighted by Gasteiger charge is -1.93. The van der Waals surface area contributed by atoms with Gasteiger partial charge in [0.1, 0.15) is 12.4 Å². The van der Waals surface area contributed by atoms with Gasteiger partial charge in [-0.25, -0.2) is 9.13 Å². The lowest BCUT2D eigenvalue weighted by molar-refractivity contribution is -0.709. The van der Waals surface area contributed by atoms with Crippen LogP contribution in [-0.4, -0.2) is 10.3 Å². The lowest BCUT2D eigenvalue weighted by atomic mass is 10.8. The fourth-order valence-electron chi connectivity index (χ4n) is 0.913. The molecule has 0 aliphatic rings. The molecule has 0 bridgehead atoms. The van der Waals surface area contributed by atoms with E-state index in [9.17, 15) is 0 Å². The van der Waals surface area contributed by atoms with Crippen LogP contribution in [0.15, 0.2) is 30.2 Å². The molecule has 1 aromatic rings. The third kappa shape index (κ3) is 1.87. The molecular formula is C8H13N2S+. The van der Waals surface area contributed by atoms with Crippen molar-refractivity contribution >= 4 is 11.8 Å². The first-order valence-electron chi connectivity index (χ1n) is 3.50. The van der Waals surface area contributed by atoms with E-state index in [2.05, 4.69) is 15.7 Å². The molecule has 0 aliphatic heterocycles. The number of hydrogen-bond donors (Lipinski definition) is 0. The molecule has 1 rings (SSSR count). The van der Waals surface area contributed by atoms with Crippen LogP contribution in [0.2, 0.25) is 0 Å². The second-order valence-electron chi connectivity index (χ2n) is 2.40. The Morgan fingerprint density at radius 2 is 2.55 bits per heavy atom. The van der Waals surface area contributed by atoms with Crippen LogP contribution >= 0.6 is 11.8 Å². The number of aromatic nitrogens is 2. The van der Waals surface area contributed by atoms with Gasteiger partial charge in [-0.3, -0.25) is 0 Å². The van der Waals surface area contributed by atoms with E-state index in [4.69, 9.17) is 0 Å². The van der Waals surface area contributed by atoms with Crippen LogP contribution < -0.4 is 4.57 Å². The quantitative estimate of drug-likeness (QED) is 0.374. The average molecular weight is 169 g/mol. The van der Waals surface area contributed by atoms with Gasteiger partial charge in [0, 0.05) is 5.75 Å². The number of imidazole rings is 1. The second kappa shape index (κ2) is 3.62. The van der Waals surface area contributed by atoms with Gasteiger partial charge in [0.05, 0.1) is 14.1 Å². The minimum atomic E-state index is 0.964. The van der Waals surface area contributed by atoms with E-state index in [1.54, 1.807) is 11.8 Å². The van der Waals surface area contributed by atoms with Crippen molar-refractivity contribution in [3.63, 3.8) is 0 Å². The van der Waals surface area contributed by atoms with Gasteiger partial charge in [0.15, 0.2) is 0 Å². The van der Waals surface area contributed by atoms with Crippen LogP contribution in [0, 0.1) is 0 Å². The number of hydrogen-bond acceptors (Lipinski definition) is 1. The summed E-state index contributed by atoms with van der Waals surface area (Å²) in [6.45, 7) is 3.68. The minimum absolute atomic E-state index is 0.964.